The van der Waals surface area contributed by atoms with Gasteiger partial charge in [0.25, 0.3) is 0 Å². The lowest BCUT2D eigenvalue weighted by atomic mass is 10.1. The minimum Gasteiger partial charge on any atom is -0.304 e. The molecule has 2 rings (SSSR count). The zero-order valence-corrected chi connectivity index (χ0v) is 16.7. The fourth-order valence-electron chi connectivity index (χ4n) is 2.82. The molecule has 1 heterocycles. The number of hydroxylamine groups is 1. The molecule has 0 aliphatic carbocycles. The van der Waals surface area contributed by atoms with Crippen LogP contribution in [-0.4, -0.2) is 56.2 Å². The molecule has 0 saturated carbocycles. The van der Waals surface area contributed by atoms with E-state index in [0.29, 0.717) is 5.92 Å². The summed E-state index contributed by atoms with van der Waals surface area (Å²) in [6, 6.07) is 10.4. The van der Waals surface area contributed by atoms with Crippen molar-refractivity contribution in [3.05, 3.63) is 53.7 Å². The zero-order chi connectivity index (χ0) is 18.6. The van der Waals surface area contributed by atoms with Crippen LogP contribution >= 0.6 is 0 Å². The Morgan fingerprint density at radius 3 is 2.58 bits per heavy atom. The Bertz CT molecular complexity index is 546. The van der Waals surface area contributed by atoms with Crippen LogP contribution in [0.15, 0.2) is 48.2 Å². The first-order chi connectivity index (χ1) is 12.6. The average molecular weight is 358 g/mol. The Morgan fingerprint density at radius 2 is 1.88 bits per heavy atom. The maximum atomic E-state index is 5.72. The first kappa shape index (κ1) is 20.7. The summed E-state index contributed by atoms with van der Waals surface area (Å²) in [7, 11) is 2.19. The van der Waals surface area contributed by atoms with E-state index in [-0.39, 0.29) is 0 Å². The lowest BCUT2D eigenvalue weighted by Gasteiger charge is -2.32. The van der Waals surface area contributed by atoms with Gasteiger partial charge in [-0.3, -0.25) is 10.3 Å². The van der Waals surface area contributed by atoms with Gasteiger partial charge in [0.1, 0.15) is 0 Å². The van der Waals surface area contributed by atoms with Gasteiger partial charge in [0.05, 0.1) is 12.3 Å². The highest BCUT2D eigenvalue weighted by molar-refractivity contribution is 5.52. The van der Waals surface area contributed by atoms with Crippen LogP contribution in [0.3, 0.4) is 0 Å². The van der Waals surface area contributed by atoms with Gasteiger partial charge in [-0.05, 0) is 37.4 Å². The van der Waals surface area contributed by atoms with Gasteiger partial charge in [-0.25, -0.2) is 0 Å². The molecule has 1 saturated heterocycles. The van der Waals surface area contributed by atoms with E-state index in [0.717, 1.165) is 31.7 Å². The summed E-state index contributed by atoms with van der Waals surface area (Å²) < 4.78 is 0. The molecular weight excluding hydrogens is 322 g/mol. The number of hydrogen-bond donors (Lipinski definition) is 1. The molecule has 26 heavy (non-hydrogen) atoms. The smallest absolute Gasteiger partial charge is 0.0758 e. The van der Waals surface area contributed by atoms with Crippen LogP contribution < -0.4 is 5.48 Å². The number of piperazine rings is 1. The quantitative estimate of drug-likeness (QED) is 0.392. The molecule has 1 aliphatic rings. The number of rotatable bonds is 10. The van der Waals surface area contributed by atoms with Crippen molar-refractivity contribution in [1.82, 2.24) is 15.3 Å². The van der Waals surface area contributed by atoms with E-state index in [2.05, 4.69) is 78.7 Å². The highest BCUT2D eigenvalue weighted by Crippen LogP contribution is 2.08. The van der Waals surface area contributed by atoms with Gasteiger partial charge in [0.2, 0.25) is 0 Å². The van der Waals surface area contributed by atoms with Crippen molar-refractivity contribution in [3.8, 4) is 0 Å². The largest absolute Gasteiger partial charge is 0.304 e. The lowest BCUT2D eigenvalue weighted by Crippen LogP contribution is -2.44. The Balaban J connectivity index is 1.72. The molecule has 1 fully saturated rings. The van der Waals surface area contributed by atoms with Gasteiger partial charge in [0, 0.05) is 32.7 Å². The van der Waals surface area contributed by atoms with Crippen LogP contribution in [0.5, 0.6) is 0 Å². The molecule has 0 amide bonds. The topological polar surface area (TPSA) is 27.7 Å². The summed E-state index contributed by atoms with van der Waals surface area (Å²) >= 11 is 0. The van der Waals surface area contributed by atoms with Gasteiger partial charge in [-0.1, -0.05) is 56.3 Å². The normalized spacial score (nSPS) is 17.3. The van der Waals surface area contributed by atoms with E-state index >= 15 is 0 Å². The maximum absolute atomic E-state index is 5.72. The third-order valence-corrected chi connectivity index (χ3v) is 4.57. The molecule has 0 radical (unpaired) electrons. The van der Waals surface area contributed by atoms with Crippen LogP contribution in [0.4, 0.5) is 0 Å². The summed E-state index contributed by atoms with van der Waals surface area (Å²) in [5.74, 6) is 0.633. The molecule has 0 bridgehead atoms. The summed E-state index contributed by atoms with van der Waals surface area (Å²) in [5, 5.41) is 0. The third kappa shape index (κ3) is 8.65. The number of hydrogen-bond acceptors (Lipinski definition) is 4. The van der Waals surface area contributed by atoms with Crippen molar-refractivity contribution in [2.45, 2.75) is 26.7 Å². The molecule has 144 valence electrons. The fourth-order valence-corrected chi connectivity index (χ4v) is 2.82. The monoisotopic (exact) mass is 357 g/mol. The van der Waals surface area contributed by atoms with Gasteiger partial charge in [-0.2, -0.15) is 0 Å². The molecule has 1 aromatic rings. The number of likely N-dealkylation sites (N-methyl/N-ethyl adjacent to an activating group) is 1. The van der Waals surface area contributed by atoms with Crippen molar-refractivity contribution >= 4 is 6.08 Å². The Morgan fingerprint density at radius 1 is 1.15 bits per heavy atom. The lowest BCUT2D eigenvalue weighted by molar-refractivity contribution is 0.0534. The molecular formula is C22H35N3O. The van der Waals surface area contributed by atoms with E-state index in [1.807, 2.05) is 6.07 Å². The fraction of sp³-hybridized carbons (Fsp3) is 0.545. The highest BCUT2D eigenvalue weighted by Gasteiger charge is 2.12. The van der Waals surface area contributed by atoms with Crippen LogP contribution in [0.25, 0.3) is 6.08 Å². The van der Waals surface area contributed by atoms with Crippen LogP contribution in [-0.2, 0) is 4.84 Å². The standard InChI is InChI=1S/C22H35N3O/c1-20(2)10-12-22(13-11-21-8-5-4-6-9-21)23-26-19-7-14-25-17-15-24(3)16-18-25/h4-6,8-9,11-13,20,23H,7,10,14-19H2,1-3H3. The molecule has 0 unspecified atom stereocenters. The summed E-state index contributed by atoms with van der Waals surface area (Å²) in [6.07, 6.45) is 8.51. The second-order valence-electron chi connectivity index (χ2n) is 7.48. The molecule has 0 aromatic heterocycles. The molecule has 1 aromatic carbocycles. The molecule has 0 atom stereocenters. The van der Waals surface area contributed by atoms with Crippen molar-refractivity contribution in [2.75, 3.05) is 46.4 Å². The number of nitrogens with zero attached hydrogens (tertiary/aromatic N) is 2. The van der Waals surface area contributed by atoms with Crippen molar-refractivity contribution in [3.63, 3.8) is 0 Å². The first-order valence-electron chi connectivity index (χ1n) is 9.85. The van der Waals surface area contributed by atoms with Crippen LogP contribution in [0.1, 0.15) is 32.3 Å². The molecule has 4 heteroatoms. The Labute approximate surface area is 159 Å². The number of nitrogens with one attached hydrogen (secondary N) is 1. The highest BCUT2D eigenvalue weighted by atomic mass is 16.6. The van der Waals surface area contributed by atoms with E-state index in [1.165, 1.54) is 31.7 Å². The van der Waals surface area contributed by atoms with E-state index in [9.17, 15) is 0 Å². The Hall–Kier alpha value is -1.62. The van der Waals surface area contributed by atoms with Crippen molar-refractivity contribution in [2.24, 2.45) is 5.92 Å². The third-order valence-electron chi connectivity index (χ3n) is 4.57. The number of allylic oxidation sites excluding steroid dienone is 2. The maximum Gasteiger partial charge on any atom is 0.0758 e. The zero-order valence-electron chi connectivity index (χ0n) is 16.7. The van der Waals surface area contributed by atoms with Gasteiger partial charge in [0.15, 0.2) is 0 Å². The predicted octanol–water partition coefficient (Wildman–Crippen LogP) is 3.79. The Kier molecular flexibility index (Phi) is 9.46. The number of benzene rings is 1. The van der Waals surface area contributed by atoms with Crippen LogP contribution in [0.2, 0.25) is 0 Å². The van der Waals surface area contributed by atoms with Crippen LogP contribution in [0, 0.1) is 5.92 Å². The molecule has 0 spiro atoms. The van der Waals surface area contributed by atoms with Crippen molar-refractivity contribution in [1.29, 1.82) is 0 Å². The molecule has 1 N–H and O–H groups in total. The average Bonchev–Trinajstić information content (AvgIpc) is 2.65. The molecule has 1 aliphatic heterocycles. The summed E-state index contributed by atoms with van der Waals surface area (Å²) in [4.78, 5) is 10.6. The van der Waals surface area contributed by atoms with Crippen molar-refractivity contribution < 1.29 is 4.84 Å². The van der Waals surface area contributed by atoms with E-state index in [4.69, 9.17) is 4.84 Å². The van der Waals surface area contributed by atoms with Gasteiger partial charge >= 0.3 is 0 Å². The first-order valence-corrected chi connectivity index (χ1v) is 9.85. The van der Waals surface area contributed by atoms with Gasteiger partial charge in [-0.15, -0.1) is 0 Å². The second-order valence-corrected chi connectivity index (χ2v) is 7.48. The van der Waals surface area contributed by atoms with E-state index in [1.54, 1.807) is 0 Å². The summed E-state index contributed by atoms with van der Waals surface area (Å²) in [6.45, 7) is 11.0. The predicted molar refractivity (Wildman–Crippen MR) is 111 cm³/mol. The summed E-state index contributed by atoms with van der Waals surface area (Å²) in [5.41, 5.74) is 5.36. The second kappa shape index (κ2) is 11.9. The SMILES string of the molecule is CC(C)CC=C(C=Cc1ccccc1)NOCCCN1CCN(C)CC1. The minimum absolute atomic E-state index is 0.633. The minimum atomic E-state index is 0.633. The van der Waals surface area contributed by atoms with E-state index < -0.39 is 0 Å². The molecule has 4 nitrogen and oxygen atoms in total. The van der Waals surface area contributed by atoms with Gasteiger partial charge < -0.3 is 9.80 Å².